The molecule has 0 saturated carbocycles. The average molecular weight is 299 g/mol. The Kier molecular flexibility index (Phi) is 4.13. The van der Waals surface area contributed by atoms with Crippen molar-refractivity contribution in [2.24, 2.45) is 0 Å². The van der Waals surface area contributed by atoms with Gasteiger partial charge in [0, 0.05) is 38.6 Å². The first-order valence-corrected chi connectivity index (χ1v) is 7.21. The summed E-state index contributed by atoms with van der Waals surface area (Å²) in [5.74, 6) is 0.499. The van der Waals surface area contributed by atoms with Crippen molar-refractivity contribution in [2.75, 3.05) is 31.1 Å². The van der Waals surface area contributed by atoms with Gasteiger partial charge in [0.05, 0.1) is 0 Å². The number of hydrogen-bond donors (Lipinski definition) is 1. The maximum absolute atomic E-state index is 12.5. The molecule has 2 aromatic rings. The van der Waals surface area contributed by atoms with Gasteiger partial charge in [-0.25, -0.2) is 4.98 Å². The maximum Gasteiger partial charge on any atom is 0.276 e. The van der Waals surface area contributed by atoms with Gasteiger partial charge in [0.1, 0.15) is 5.75 Å². The van der Waals surface area contributed by atoms with Crippen LogP contribution >= 0.6 is 0 Å². The molecule has 114 valence electrons. The quantitative estimate of drug-likeness (QED) is 0.888. The summed E-state index contributed by atoms with van der Waals surface area (Å²) in [5.41, 5.74) is 0.107. The molecule has 1 aliphatic heterocycles. The molecule has 1 fully saturated rings. The fourth-order valence-corrected chi connectivity index (χ4v) is 2.52. The highest BCUT2D eigenvalue weighted by atomic mass is 16.3. The molecule has 0 aromatic carbocycles. The van der Waals surface area contributed by atoms with Gasteiger partial charge < -0.3 is 14.9 Å². The van der Waals surface area contributed by atoms with E-state index in [1.165, 1.54) is 12.3 Å². The van der Waals surface area contributed by atoms with Crippen LogP contribution in [0.3, 0.4) is 0 Å². The number of rotatable bonds is 2. The third kappa shape index (κ3) is 2.98. The van der Waals surface area contributed by atoms with E-state index < -0.39 is 0 Å². The number of anilines is 1. The van der Waals surface area contributed by atoms with Crippen molar-refractivity contribution in [1.29, 1.82) is 0 Å². The number of carbonyl (C=O) groups excluding carboxylic acids is 1. The molecule has 0 bridgehead atoms. The zero-order valence-corrected chi connectivity index (χ0v) is 12.1. The normalized spacial score (nSPS) is 15.5. The van der Waals surface area contributed by atoms with E-state index in [9.17, 15) is 9.90 Å². The fraction of sp³-hybridized carbons (Fsp3) is 0.333. The smallest absolute Gasteiger partial charge is 0.276 e. The van der Waals surface area contributed by atoms with E-state index in [-0.39, 0.29) is 17.4 Å². The fourth-order valence-electron chi connectivity index (χ4n) is 2.52. The molecule has 0 aliphatic carbocycles. The van der Waals surface area contributed by atoms with Crippen LogP contribution < -0.4 is 4.90 Å². The topological polar surface area (TPSA) is 82.5 Å². The van der Waals surface area contributed by atoms with Gasteiger partial charge in [-0.3, -0.25) is 4.79 Å². The van der Waals surface area contributed by atoms with E-state index in [0.717, 1.165) is 18.8 Å². The van der Waals surface area contributed by atoms with E-state index >= 15 is 0 Å². The first-order chi connectivity index (χ1) is 10.8. The number of pyridine rings is 1. The number of nitrogens with zero attached hydrogens (tertiary/aromatic N) is 5. The molecule has 1 amide bonds. The molecule has 3 rings (SSSR count). The molecule has 0 spiro atoms. The molecule has 1 aliphatic rings. The van der Waals surface area contributed by atoms with Crippen molar-refractivity contribution in [3.8, 4) is 5.75 Å². The zero-order valence-electron chi connectivity index (χ0n) is 12.1. The van der Waals surface area contributed by atoms with E-state index in [4.69, 9.17) is 0 Å². The Bertz CT molecular complexity index is 649. The molecule has 0 atom stereocenters. The minimum absolute atomic E-state index is 0.0810. The minimum atomic E-state index is -0.237. The third-order valence-corrected chi connectivity index (χ3v) is 3.65. The van der Waals surface area contributed by atoms with Crippen molar-refractivity contribution < 1.29 is 9.90 Å². The minimum Gasteiger partial charge on any atom is -0.505 e. The Morgan fingerprint density at radius 1 is 1.09 bits per heavy atom. The summed E-state index contributed by atoms with van der Waals surface area (Å²) in [7, 11) is 0. The van der Waals surface area contributed by atoms with Crippen molar-refractivity contribution >= 4 is 11.7 Å². The standard InChI is InChI=1S/C15H17N5O2/c21-12-4-1-6-16-14(12)15(22)20-9-3-8-19(10-11-20)13-5-2-7-17-18-13/h1-2,4-7,21H,3,8-11H2. The Morgan fingerprint density at radius 2 is 1.95 bits per heavy atom. The number of hydrogen-bond acceptors (Lipinski definition) is 6. The van der Waals surface area contributed by atoms with Gasteiger partial charge >= 0.3 is 0 Å². The van der Waals surface area contributed by atoms with Crippen LogP contribution in [0.2, 0.25) is 0 Å². The molecule has 1 saturated heterocycles. The van der Waals surface area contributed by atoms with Crippen LogP contribution in [-0.4, -0.2) is 57.3 Å². The number of amides is 1. The maximum atomic E-state index is 12.5. The second kappa shape index (κ2) is 6.38. The molecule has 2 aromatic heterocycles. The number of carbonyl (C=O) groups is 1. The van der Waals surface area contributed by atoms with Crippen molar-refractivity contribution in [3.63, 3.8) is 0 Å². The van der Waals surface area contributed by atoms with Gasteiger partial charge in [0.25, 0.3) is 5.91 Å². The van der Waals surface area contributed by atoms with Gasteiger partial charge in [-0.15, -0.1) is 5.10 Å². The van der Waals surface area contributed by atoms with Gasteiger partial charge in [0.15, 0.2) is 11.5 Å². The monoisotopic (exact) mass is 299 g/mol. The first-order valence-electron chi connectivity index (χ1n) is 7.21. The van der Waals surface area contributed by atoms with Crippen LogP contribution in [0.4, 0.5) is 5.82 Å². The summed E-state index contributed by atoms with van der Waals surface area (Å²) in [6.45, 7) is 2.69. The summed E-state index contributed by atoms with van der Waals surface area (Å²) in [4.78, 5) is 20.3. The average Bonchev–Trinajstić information content (AvgIpc) is 2.81. The first kappa shape index (κ1) is 14.2. The Labute approximate surface area is 128 Å². The lowest BCUT2D eigenvalue weighted by Crippen LogP contribution is -2.35. The number of aromatic hydroxyl groups is 1. The van der Waals surface area contributed by atoms with Crippen LogP contribution in [0.15, 0.2) is 36.7 Å². The highest BCUT2D eigenvalue weighted by Crippen LogP contribution is 2.17. The van der Waals surface area contributed by atoms with Crippen LogP contribution in [0.5, 0.6) is 5.75 Å². The molecule has 3 heterocycles. The van der Waals surface area contributed by atoms with Crippen LogP contribution in [-0.2, 0) is 0 Å². The number of aromatic nitrogens is 3. The highest BCUT2D eigenvalue weighted by molar-refractivity contribution is 5.94. The summed E-state index contributed by atoms with van der Waals surface area (Å²) in [6.07, 6.45) is 3.98. The molecule has 1 N–H and O–H groups in total. The molecular weight excluding hydrogens is 282 g/mol. The lowest BCUT2D eigenvalue weighted by atomic mass is 10.2. The molecule has 7 nitrogen and oxygen atoms in total. The summed E-state index contributed by atoms with van der Waals surface area (Å²) in [5, 5.41) is 17.8. The predicted octanol–water partition coefficient (Wildman–Crippen LogP) is 0.930. The van der Waals surface area contributed by atoms with Crippen molar-refractivity contribution in [3.05, 3.63) is 42.4 Å². The zero-order chi connectivity index (χ0) is 15.4. The van der Waals surface area contributed by atoms with E-state index in [2.05, 4.69) is 20.1 Å². The largest absolute Gasteiger partial charge is 0.505 e. The van der Waals surface area contributed by atoms with Crippen LogP contribution in [0.25, 0.3) is 0 Å². The third-order valence-electron chi connectivity index (χ3n) is 3.65. The molecular formula is C15H17N5O2. The Hall–Kier alpha value is -2.70. The van der Waals surface area contributed by atoms with Gasteiger partial charge in [-0.1, -0.05) is 0 Å². The molecule has 22 heavy (non-hydrogen) atoms. The van der Waals surface area contributed by atoms with Crippen LogP contribution in [0.1, 0.15) is 16.9 Å². The van der Waals surface area contributed by atoms with Crippen molar-refractivity contribution in [2.45, 2.75) is 6.42 Å². The molecule has 0 unspecified atom stereocenters. The van der Waals surface area contributed by atoms with Gasteiger partial charge in [0.2, 0.25) is 0 Å². The Balaban J connectivity index is 1.70. The summed E-state index contributed by atoms with van der Waals surface area (Å²) < 4.78 is 0. The van der Waals surface area contributed by atoms with Crippen LogP contribution in [0, 0.1) is 0 Å². The lowest BCUT2D eigenvalue weighted by Gasteiger charge is -2.22. The van der Waals surface area contributed by atoms with Gasteiger partial charge in [-0.05, 0) is 30.7 Å². The lowest BCUT2D eigenvalue weighted by molar-refractivity contribution is 0.0758. The predicted molar refractivity (Wildman–Crippen MR) is 80.7 cm³/mol. The summed E-state index contributed by atoms with van der Waals surface area (Å²) >= 11 is 0. The second-order valence-corrected chi connectivity index (χ2v) is 5.09. The van der Waals surface area contributed by atoms with E-state index in [1.54, 1.807) is 17.2 Å². The van der Waals surface area contributed by atoms with E-state index in [0.29, 0.717) is 19.6 Å². The second-order valence-electron chi connectivity index (χ2n) is 5.09. The SMILES string of the molecule is O=C(c1ncccc1O)N1CCCN(c2cccnn2)CC1. The van der Waals surface area contributed by atoms with Gasteiger partial charge in [-0.2, -0.15) is 5.10 Å². The van der Waals surface area contributed by atoms with Crippen molar-refractivity contribution in [1.82, 2.24) is 20.1 Å². The van der Waals surface area contributed by atoms with E-state index in [1.807, 2.05) is 12.1 Å². The molecule has 0 radical (unpaired) electrons. The Morgan fingerprint density at radius 3 is 2.73 bits per heavy atom. The highest BCUT2D eigenvalue weighted by Gasteiger charge is 2.23. The molecule has 7 heteroatoms. The summed E-state index contributed by atoms with van der Waals surface area (Å²) in [6, 6.07) is 6.84.